The van der Waals surface area contributed by atoms with Crippen LogP contribution in [0.5, 0.6) is 0 Å². The number of carbonyl (C=O) groups is 1. The van der Waals surface area contributed by atoms with E-state index in [1.807, 2.05) is 0 Å². The van der Waals surface area contributed by atoms with Crippen molar-refractivity contribution in [3.05, 3.63) is 23.1 Å². The van der Waals surface area contributed by atoms with Crippen LogP contribution in [0.2, 0.25) is 5.22 Å². The van der Waals surface area contributed by atoms with E-state index in [9.17, 15) is 4.79 Å². The van der Waals surface area contributed by atoms with Gasteiger partial charge in [-0.2, -0.15) is 0 Å². The quantitative estimate of drug-likeness (QED) is 0.322. The molecule has 1 heterocycles. The molecule has 1 rings (SSSR count). The lowest BCUT2D eigenvalue weighted by Crippen LogP contribution is -2.53. The maximum absolute atomic E-state index is 11.7. The summed E-state index contributed by atoms with van der Waals surface area (Å²) < 4.78 is 4.78. The highest BCUT2D eigenvalue weighted by Crippen LogP contribution is 2.17. The van der Waals surface area contributed by atoms with Gasteiger partial charge in [0.1, 0.15) is 0 Å². The topological polar surface area (TPSA) is 101 Å². The number of nitrogens with two attached hydrogens (primary N) is 1. The Balaban J connectivity index is 2.84. The first kappa shape index (κ1) is 12.4. The van der Waals surface area contributed by atoms with Crippen molar-refractivity contribution in [3.63, 3.8) is 0 Å². The number of rotatable bonds is 3. The average Bonchev–Trinajstić information content (AvgIpc) is 2.62. The largest absolute Gasteiger partial charge is 0.452 e. The first-order valence-electron chi connectivity index (χ1n) is 4.42. The summed E-state index contributed by atoms with van der Waals surface area (Å²) in [4.78, 5) is 11.7. The van der Waals surface area contributed by atoms with Gasteiger partial charge in [0.05, 0.1) is 17.4 Å². The fraction of sp³-hybridized carbons (Fsp3) is 0.333. The van der Waals surface area contributed by atoms with E-state index < -0.39 is 11.4 Å². The zero-order valence-corrected chi connectivity index (χ0v) is 9.58. The van der Waals surface area contributed by atoms with Gasteiger partial charge in [0, 0.05) is 0 Å². The molecular formula is C9H12ClN3O3. The molecule has 0 atom stereocenters. The average molecular weight is 246 g/mol. The lowest BCUT2D eigenvalue weighted by atomic mass is 10.0. The van der Waals surface area contributed by atoms with Crippen molar-refractivity contribution >= 4 is 23.3 Å². The molecule has 1 amide bonds. The highest BCUT2D eigenvalue weighted by Gasteiger charge is 2.27. The van der Waals surface area contributed by atoms with Crippen LogP contribution >= 0.6 is 11.6 Å². The summed E-state index contributed by atoms with van der Waals surface area (Å²) >= 11 is 5.64. The summed E-state index contributed by atoms with van der Waals surface area (Å²) in [5, 5.41) is 13.9. The minimum absolute atomic E-state index is 0.00666. The standard InChI is InChI=1S/C9H12ClN3O3/c1-9(2,8(11)13-15)12-7(14)5-3-4-16-6(5)10/h3-4,15H,1-2H3,(H2,11,13)(H,12,14). The van der Waals surface area contributed by atoms with E-state index in [2.05, 4.69) is 10.5 Å². The fourth-order valence-electron chi connectivity index (χ4n) is 0.996. The van der Waals surface area contributed by atoms with Gasteiger partial charge in [-0.25, -0.2) is 0 Å². The van der Waals surface area contributed by atoms with Crippen molar-refractivity contribution in [2.24, 2.45) is 10.9 Å². The van der Waals surface area contributed by atoms with Gasteiger partial charge >= 0.3 is 0 Å². The minimum Gasteiger partial charge on any atom is -0.452 e. The molecule has 6 nitrogen and oxygen atoms in total. The highest BCUT2D eigenvalue weighted by molar-refractivity contribution is 6.32. The smallest absolute Gasteiger partial charge is 0.256 e. The Morgan fingerprint density at radius 1 is 1.69 bits per heavy atom. The predicted octanol–water partition coefficient (Wildman–Crippen LogP) is 1.19. The molecule has 0 saturated carbocycles. The second-order valence-electron chi connectivity index (χ2n) is 3.67. The van der Waals surface area contributed by atoms with E-state index >= 15 is 0 Å². The zero-order chi connectivity index (χ0) is 12.3. The third-order valence-electron chi connectivity index (χ3n) is 2.04. The molecule has 4 N–H and O–H groups in total. The van der Waals surface area contributed by atoms with E-state index in [0.717, 1.165) is 0 Å². The SMILES string of the molecule is CC(C)(NC(=O)c1ccoc1Cl)/C(N)=N/O. The number of furan rings is 1. The lowest BCUT2D eigenvalue weighted by Gasteiger charge is -2.24. The van der Waals surface area contributed by atoms with Gasteiger partial charge in [-0.3, -0.25) is 4.79 Å². The van der Waals surface area contributed by atoms with E-state index in [4.69, 9.17) is 27.0 Å². The first-order chi connectivity index (χ1) is 7.38. The molecular weight excluding hydrogens is 234 g/mol. The molecule has 88 valence electrons. The van der Waals surface area contributed by atoms with Crippen LogP contribution in [0.4, 0.5) is 0 Å². The Kier molecular flexibility index (Phi) is 3.44. The van der Waals surface area contributed by atoms with E-state index in [-0.39, 0.29) is 16.6 Å². The number of hydrogen-bond donors (Lipinski definition) is 3. The van der Waals surface area contributed by atoms with Crippen molar-refractivity contribution in [1.82, 2.24) is 5.32 Å². The van der Waals surface area contributed by atoms with Crippen LogP contribution in [-0.2, 0) is 0 Å². The Labute approximate surface area is 97.0 Å². The molecule has 0 aliphatic carbocycles. The third kappa shape index (κ3) is 2.46. The van der Waals surface area contributed by atoms with Gasteiger partial charge in [-0.1, -0.05) is 5.16 Å². The summed E-state index contributed by atoms with van der Waals surface area (Å²) in [5.41, 5.74) is 4.63. The molecule has 0 radical (unpaired) electrons. The Hall–Kier alpha value is -1.69. The molecule has 0 bridgehead atoms. The number of nitrogens with zero attached hydrogens (tertiary/aromatic N) is 1. The van der Waals surface area contributed by atoms with Gasteiger partial charge in [-0.05, 0) is 31.5 Å². The lowest BCUT2D eigenvalue weighted by molar-refractivity contribution is 0.0930. The van der Waals surface area contributed by atoms with Gasteiger partial charge in [0.25, 0.3) is 5.91 Å². The number of carbonyl (C=O) groups excluding carboxylic acids is 1. The molecule has 0 aromatic carbocycles. The number of amides is 1. The van der Waals surface area contributed by atoms with Crippen LogP contribution in [-0.4, -0.2) is 22.5 Å². The van der Waals surface area contributed by atoms with E-state index in [1.165, 1.54) is 12.3 Å². The molecule has 1 aromatic rings. The maximum atomic E-state index is 11.7. The van der Waals surface area contributed by atoms with Crippen molar-refractivity contribution in [1.29, 1.82) is 0 Å². The molecule has 0 unspecified atom stereocenters. The van der Waals surface area contributed by atoms with Crippen molar-refractivity contribution in [3.8, 4) is 0 Å². The molecule has 0 fully saturated rings. The van der Waals surface area contributed by atoms with Crippen LogP contribution in [0, 0.1) is 0 Å². The summed E-state index contributed by atoms with van der Waals surface area (Å²) in [5.74, 6) is -0.573. The maximum Gasteiger partial charge on any atom is 0.256 e. The van der Waals surface area contributed by atoms with Crippen LogP contribution in [0.15, 0.2) is 21.9 Å². The molecule has 0 aliphatic heterocycles. The fourth-order valence-corrected chi connectivity index (χ4v) is 1.20. The summed E-state index contributed by atoms with van der Waals surface area (Å²) in [6.07, 6.45) is 1.30. The summed E-state index contributed by atoms with van der Waals surface area (Å²) in [6.45, 7) is 3.18. The number of oxime groups is 1. The minimum atomic E-state index is -0.980. The second-order valence-corrected chi connectivity index (χ2v) is 4.02. The van der Waals surface area contributed by atoms with Crippen molar-refractivity contribution < 1.29 is 14.4 Å². The van der Waals surface area contributed by atoms with Gasteiger partial charge in [0.15, 0.2) is 5.84 Å². The van der Waals surface area contributed by atoms with Crippen LogP contribution < -0.4 is 11.1 Å². The first-order valence-corrected chi connectivity index (χ1v) is 4.80. The van der Waals surface area contributed by atoms with Gasteiger partial charge < -0.3 is 20.7 Å². The number of halogens is 1. The van der Waals surface area contributed by atoms with Gasteiger partial charge in [-0.15, -0.1) is 0 Å². The Morgan fingerprint density at radius 2 is 2.31 bits per heavy atom. The summed E-state index contributed by atoms with van der Waals surface area (Å²) in [7, 11) is 0. The normalized spacial score (nSPS) is 12.6. The van der Waals surface area contributed by atoms with Gasteiger partial charge in [0.2, 0.25) is 5.22 Å². The second kappa shape index (κ2) is 4.44. The molecule has 0 aliphatic rings. The zero-order valence-electron chi connectivity index (χ0n) is 8.82. The molecule has 0 saturated heterocycles. The Bertz CT molecular complexity index is 425. The number of amidine groups is 1. The molecule has 7 heteroatoms. The van der Waals surface area contributed by atoms with E-state index in [0.29, 0.717) is 0 Å². The van der Waals surface area contributed by atoms with Crippen LogP contribution in [0.3, 0.4) is 0 Å². The van der Waals surface area contributed by atoms with E-state index in [1.54, 1.807) is 13.8 Å². The van der Waals surface area contributed by atoms with Crippen LogP contribution in [0.1, 0.15) is 24.2 Å². The summed E-state index contributed by atoms with van der Waals surface area (Å²) in [6, 6.07) is 1.43. The molecule has 16 heavy (non-hydrogen) atoms. The van der Waals surface area contributed by atoms with Crippen molar-refractivity contribution in [2.75, 3.05) is 0 Å². The third-order valence-corrected chi connectivity index (χ3v) is 2.33. The predicted molar refractivity (Wildman–Crippen MR) is 58.7 cm³/mol. The molecule has 0 spiro atoms. The van der Waals surface area contributed by atoms with Crippen molar-refractivity contribution in [2.45, 2.75) is 19.4 Å². The number of hydrogen-bond acceptors (Lipinski definition) is 4. The highest BCUT2D eigenvalue weighted by atomic mass is 35.5. The number of nitrogens with one attached hydrogen (secondary N) is 1. The molecule has 1 aromatic heterocycles. The monoisotopic (exact) mass is 245 g/mol. The Morgan fingerprint density at radius 3 is 2.75 bits per heavy atom. The van der Waals surface area contributed by atoms with Crippen LogP contribution in [0.25, 0.3) is 0 Å².